The smallest absolute Gasteiger partial charge is 0.360 e. The molecule has 2 N–H and O–H groups in total. The first-order valence-corrected chi connectivity index (χ1v) is 8.41. The van der Waals surface area contributed by atoms with Crippen LogP contribution in [0.5, 0.6) is 0 Å². The van der Waals surface area contributed by atoms with Crippen molar-refractivity contribution in [2.45, 2.75) is 31.0 Å². The normalized spacial score (nSPS) is 15.1. The van der Waals surface area contributed by atoms with Crippen molar-refractivity contribution in [2.75, 3.05) is 0 Å². The summed E-state index contributed by atoms with van der Waals surface area (Å²) in [5.41, 5.74) is -1.03. The van der Waals surface area contributed by atoms with E-state index in [1.807, 2.05) is 0 Å². The molecule has 1 saturated carbocycles. The van der Waals surface area contributed by atoms with Crippen LogP contribution >= 0.6 is 12.2 Å². The SMILES string of the molecule is O=C(NC(=S)NC1CC1)C(c1ccnc(F)c1)c1cc(C(F)(F)F)ccn1. The van der Waals surface area contributed by atoms with Gasteiger partial charge in [0.15, 0.2) is 5.11 Å². The van der Waals surface area contributed by atoms with Crippen molar-refractivity contribution in [3.63, 3.8) is 0 Å². The second kappa shape index (κ2) is 7.55. The van der Waals surface area contributed by atoms with E-state index in [1.165, 1.54) is 6.07 Å². The molecule has 1 aliphatic rings. The zero-order valence-corrected chi connectivity index (χ0v) is 14.6. The maximum absolute atomic E-state index is 13.5. The van der Waals surface area contributed by atoms with E-state index in [-0.39, 0.29) is 22.4 Å². The zero-order chi connectivity index (χ0) is 19.6. The summed E-state index contributed by atoms with van der Waals surface area (Å²) >= 11 is 5.05. The van der Waals surface area contributed by atoms with Gasteiger partial charge < -0.3 is 10.6 Å². The number of hydrogen-bond donors (Lipinski definition) is 2. The van der Waals surface area contributed by atoms with Gasteiger partial charge in [-0.3, -0.25) is 9.78 Å². The summed E-state index contributed by atoms with van der Waals surface area (Å²) < 4.78 is 52.6. The van der Waals surface area contributed by atoms with Crippen molar-refractivity contribution in [3.8, 4) is 0 Å². The van der Waals surface area contributed by atoms with Gasteiger partial charge in [0.1, 0.15) is 5.92 Å². The highest BCUT2D eigenvalue weighted by Crippen LogP contribution is 2.32. The first-order valence-electron chi connectivity index (χ1n) is 8.00. The lowest BCUT2D eigenvalue weighted by Gasteiger charge is -2.19. The Labute approximate surface area is 157 Å². The number of nitrogens with one attached hydrogen (secondary N) is 2. The third kappa shape index (κ3) is 4.97. The lowest BCUT2D eigenvalue weighted by atomic mass is 9.94. The van der Waals surface area contributed by atoms with E-state index in [0.717, 1.165) is 43.4 Å². The molecular weight excluding hydrogens is 384 g/mol. The lowest BCUT2D eigenvalue weighted by Crippen LogP contribution is -2.42. The Bertz CT molecular complexity index is 870. The number of amides is 1. The predicted octanol–water partition coefficient (Wildman–Crippen LogP) is 2.92. The van der Waals surface area contributed by atoms with Crippen molar-refractivity contribution < 1.29 is 22.4 Å². The van der Waals surface area contributed by atoms with E-state index in [0.29, 0.717) is 0 Å². The molecule has 1 aliphatic carbocycles. The van der Waals surface area contributed by atoms with Gasteiger partial charge in [-0.1, -0.05) is 0 Å². The fourth-order valence-corrected chi connectivity index (χ4v) is 2.74. The molecule has 2 aromatic heterocycles. The van der Waals surface area contributed by atoms with Crippen LogP contribution in [0.15, 0.2) is 36.7 Å². The van der Waals surface area contributed by atoms with Crippen LogP contribution in [0.4, 0.5) is 17.6 Å². The average molecular weight is 398 g/mol. The molecule has 1 amide bonds. The summed E-state index contributed by atoms with van der Waals surface area (Å²) in [5, 5.41) is 5.41. The summed E-state index contributed by atoms with van der Waals surface area (Å²) in [4.78, 5) is 20.0. The molecule has 0 bridgehead atoms. The molecular formula is C17H14F4N4OS. The fourth-order valence-electron chi connectivity index (χ4n) is 2.47. The molecule has 1 fully saturated rings. The number of aromatic nitrogens is 2. The molecule has 3 rings (SSSR count). The van der Waals surface area contributed by atoms with Crippen molar-refractivity contribution in [2.24, 2.45) is 0 Å². The molecule has 0 aromatic carbocycles. The summed E-state index contributed by atoms with van der Waals surface area (Å²) in [7, 11) is 0. The second-order valence-corrected chi connectivity index (χ2v) is 6.46. The van der Waals surface area contributed by atoms with Crippen molar-refractivity contribution in [1.82, 2.24) is 20.6 Å². The van der Waals surface area contributed by atoms with Crippen LogP contribution < -0.4 is 10.6 Å². The van der Waals surface area contributed by atoms with Crippen LogP contribution in [0.2, 0.25) is 0 Å². The number of nitrogens with zero attached hydrogens (tertiary/aromatic N) is 2. The molecule has 0 radical (unpaired) electrons. The highest BCUT2D eigenvalue weighted by Gasteiger charge is 2.33. The van der Waals surface area contributed by atoms with E-state index >= 15 is 0 Å². The molecule has 1 unspecified atom stereocenters. The Balaban J connectivity index is 1.94. The third-order valence-electron chi connectivity index (χ3n) is 3.90. The molecule has 2 heterocycles. The number of rotatable bonds is 4. The quantitative estimate of drug-likeness (QED) is 0.471. The summed E-state index contributed by atoms with van der Waals surface area (Å²) in [6.07, 6.45) is -0.685. The first-order chi connectivity index (χ1) is 12.7. The van der Waals surface area contributed by atoms with Crippen molar-refractivity contribution >= 4 is 23.2 Å². The molecule has 5 nitrogen and oxygen atoms in total. The minimum atomic E-state index is -4.61. The van der Waals surface area contributed by atoms with Crippen LogP contribution in [0, 0.1) is 5.95 Å². The number of hydrogen-bond acceptors (Lipinski definition) is 4. The minimum Gasteiger partial charge on any atom is -0.360 e. The lowest BCUT2D eigenvalue weighted by molar-refractivity contribution is -0.137. The van der Waals surface area contributed by atoms with E-state index in [2.05, 4.69) is 20.6 Å². The predicted molar refractivity (Wildman–Crippen MR) is 92.2 cm³/mol. The third-order valence-corrected chi connectivity index (χ3v) is 4.12. The van der Waals surface area contributed by atoms with Crippen LogP contribution in [0.3, 0.4) is 0 Å². The van der Waals surface area contributed by atoms with Crippen LogP contribution in [0.1, 0.15) is 35.6 Å². The Morgan fingerprint density at radius 2 is 1.89 bits per heavy atom. The van der Waals surface area contributed by atoms with Crippen LogP contribution in [-0.2, 0) is 11.0 Å². The number of alkyl halides is 3. The number of halogens is 4. The highest BCUT2D eigenvalue weighted by molar-refractivity contribution is 7.80. The monoisotopic (exact) mass is 398 g/mol. The van der Waals surface area contributed by atoms with Crippen LogP contribution in [0.25, 0.3) is 0 Å². The van der Waals surface area contributed by atoms with Gasteiger partial charge in [-0.2, -0.15) is 17.6 Å². The van der Waals surface area contributed by atoms with Gasteiger partial charge in [0, 0.05) is 18.4 Å². The van der Waals surface area contributed by atoms with Crippen molar-refractivity contribution in [1.29, 1.82) is 0 Å². The maximum Gasteiger partial charge on any atom is 0.416 e. The Hall–Kier alpha value is -2.62. The van der Waals surface area contributed by atoms with Crippen LogP contribution in [-0.4, -0.2) is 27.0 Å². The molecule has 27 heavy (non-hydrogen) atoms. The van der Waals surface area contributed by atoms with Gasteiger partial charge in [-0.25, -0.2) is 4.98 Å². The van der Waals surface area contributed by atoms with E-state index in [1.54, 1.807) is 0 Å². The van der Waals surface area contributed by atoms with E-state index < -0.39 is 29.5 Å². The van der Waals surface area contributed by atoms with E-state index in [4.69, 9.17) is 12.2 Å². The van der Waals surface area contributed by atoms with Gasteiger partial charge in [-0.05, 0) is 54.9 Å². The van der Waals surface area contributed by atoms with Crippen molar-refractivity contribution in [3.05, 3.63) is 59.4 Å². The minimum absolute atomic E-state index is 0.0639. The molecule has 142 valence electrons. The fraction of sp³-hybridized carbons (Fsp3) is 0.294. The van der Waals surface area contributed by atoms with Gasteiger partial charge in [0.05, 0.1) is 11.3 Å². The number of pyridine rings is 2. The average Bonchev–Trinajstić information content (AvgIpc) is 3.38. The Kier molecular flexibility index (Phi) is 5.36. The van der Waals surface area contributed by atoms with Gasteiger partial charge in [0.2, 0.25) is 11.9 Å². The standard InChI is InChI=1S/C17H14F4N4OS/c18-13-7-9(3-5-23-13)14(15(26)25-16(27)24-11-1-2-11)12-8-10(4-6-22-12)17(19,20)21/h3-8,11,14H,1-2H2,(H2,24,25,26,27). The molecule has 0 spiro atoms. The maximum atomic E-state index is 13.5. The Morgan fingerprint density at radius 1 is 1.19 bits per heavy atom. The van der Waals surface area contributed by atoms with Gasteiger partial charge >= 0.3 is 6.18 Å². The number of carbonyl (C=O) groups is 1. The largest absolute Gasteiger partial charge is 0.416 e. The summed E-state index contributed by atoms with van der Waals surface area (Å²) in [6.45, 7) is 0. The molecule has 0 aliphatic heterocycles. The number of thiocarbonyl (C=S) groups is 1. The zero-order valence-electron chi connectivity index (χ0n) is 13.8. The van der Waals surface area contributed by atoms with E-state index in [9.17, 15) is 22.4 Å². The topological polar surface area (TPSA) is 66.9 Å². The summed E-state index contributed by atoms with van der Waals surface area (Å²) in [5.74, 6) is -2.87. The number of carbonyl (C=O) groups excluding carboxylic acids is 1. The Morgan fingerprint density at radius 3 is 2.52 bits per heavy atom. The second-order valence-electron chi connectivity index (χ2n) is 6.05. The molecule has 1 atom stereocenters. The molecule has 10 heteroatoms. The highest BCUT2D eigenvalue weighted by atomic mass is 32.1. The summed E-state index contributed by atoms with van der Waals surface area (Å²) in [6, 6.07) is 4.06. The first kappa shape index (κ1) is 19.2. The van der Waals surface area contributed by atoms with Gasteiger partial charge in [-0.15, -0.1) is 0 Å². The molecule has 0 saturated heterocycles. The molecule has 2 aromatic rings. The van der Waals surface area contributed by atoms with Gasteiger partial charge in [0.25, 0.3) is 0 Å².